The van der Waals surface area contributed by atoms with Gasteiger partial charge in [-0.05, 0) is 67.2 Å². The molecule has 0 aliphatic carbocycles. The highest BCUT2D eigenvalue weighted by Crippen LogP contribution is 2.60. The summed E-state index contributed by atoms with van der Waals surface area (Å²) in [5, 5.41) is 30.7. The fourth-order valence-electron chi connectivity index (χ4n) is 9.45. The molecule has 89 heavy (non-hydrogen) atoms. The molecule has 4 saturated heterocycles. The second-order valence-electron chi connectivity index (χ2n) is 22.2. The van der Waals surface area contributed by atoms with Crippen molar-refractivity contribution in [2.75, 3.05) is 87.9 Å². The summed E-state index contributed by atoms with van der Waals surface area (Å²) in [6.45, 7) is 34.8. The highest BCUT2D eigenvalue weighted by atomic mass is 35.7. The van der Waals surface area contributed by atoms with E-state index in [9.17, 15) is 19.8 Å². The summed E-state index contributed by atoms with van der Waals surface area (Å²) in [5.74, 6) is -0.683. The Morgan fingerprint density at radius 2 is 1.03 bits per heavy atom. The number of aliphatic hydroxyl groups excluding tert-OH is 2. The summed E-state index contributed by atoms with van der Waals surface area (Å²) in [4.78, 5) is 26.4. The third kappa shape index (κ3) is 34.2. The summed E-state index contributed by atoms with van der Waals surface area (Å²) < 4.78 is 86.6. The number of aliphatic hydroxyl groups is 2. The lowest BCUT2D eigenvalue weighted by Gasteiger charge is -2.28. The van der Waals surface area contributed by atoms with Crippen molar-refractivity contribution in [1.82, 2.24) is 5.32 Å². The van der Waals surface area contributed by atoms with Crippen LogP contribution in [0.15, 0.2) is 4.74 Å². The van der Waals surface area contributed by atoms with Crippen LogP contribution in [0.5, 0.6) is 0 Å². The van der Waals surface area contributed by atoms with Crippen molar-refractivity contribution in [3.8, 4) is 6.07 Å². The predicted octanol–water partition coefficient (Wildman–Crippen LogP) is 5.69. The average Bonchev–Trinajstić information content (AvgIpc) is 2.51. The first-order valence-electron chi connectivity index (χ1n) is 30.6. The largest absolute Gasteiger partial charge is 0.457 e. The summed E-state index contributed by atoms with van der Waals surface area (Å²) in [5.41, 5.74) is 0.380. The van der Waals surface area contributed by atoms with Crippen molar-refractivity contribution >= 4 is 77.7 Å². The third-order valence-corrected chi connectivity index (χ3v) is 20.1. The maximum Gasteiger partial charge on any atom is 0.306 e. The molecule has 0 saturated carbocycles. The van der Waals surface area contributed by atoms with Gasteiger partial charge in [0.2, 0.25) is 12.5 Å². The Morgan fingerprint density at radius 3 is 1.37 bits per heavy atom. The molecule has 31 heteroatoms. The van der Waals surface area contributed by atoms with E-state index < -0.39 is 81.4 Å². The number of ether oxygens (including phenoxy) is 13. The Hall–Kier alpha value is -1.45. The maximum atomic E-state index is 12.0. The molecule has 0 aromatic rings. The Kier molecular flexibility index (Phi) is 50.4. The van der Waals surface area contributed by atoms with E-state index in [-0.39, 0.29) is 94.2 Å². The quantitative estimate of drug-likeness (QED) is 0.0234. The molecule has 4 aliphatic rings. The van der Waals surface area contributed by atoms with Crippen LogP contribution in [0.2, 0.25) is 0 Å². The van der Waals surface area contributed by atoms with Crippen molar-refractivity contribution < 1.29 is 90.4 Å². The monoisotopic (exact) mass is 1320 g/mol. The van der Waals surface area contributed by atoms with E-state index in [1.807, 2.05) is 75.9 Å². The van der Waals surface area contributed by atoms with Gasteiger partial charge in [0.25, 0.3) is 0 Å². The zero-order valence-electron chi connectivity index (χ0n) is 56.6. The van der Waals surface area contributed by atoms with Crippen LogP contribution in [0, 0.1) is 17.9 Å². The lowest BCUT2D eigenvalue weighted by atomic mass is 9.92. The smallest absolute Gasteiger partial charge is 0.306 e. The molecule has 0 aromatic heterocycles. The second-order valence-corrected chi connectivity index (χ2v) is 28.4. The number of methoxy groups -OCH3 is 4. The number of halogens is 1. The summed E-state index contributed by atoms with van der Waals surface area (Å²) in [6.07, 6.45) is -2.90. The highest BCUT2D eigenvalue weighted by molar-refractivity contribution is 7.91. The first kappa shape index (κ1) is 89.6. The molecule has 4 rings (SSSR count). The number of carbonyl (C=O) groups is 2. The van der Waals surface area contributed by atoms with Gasteiger partial charge < -0.3 is 91.0 Å². The van der Waals surface area contributed by atoms with Crippen molar-refractivity contribution in [3.05, 3.63) is 11.4 Å². The predicted molar refractivity (Wildman–Crippen MR) is 352 cm³/mol. The van der Waals surface area contributed by atoms with Crippen LogP contribution in [0.4, 0.5) is 0 Å². The van der Waals surface area contributed by atoms with Crippen LogP contribution in [0.3, 0.4) is 0 Å². The Bertz CT molecular complexity index is 1970. The van der Waals surface area contributed by atoms with Crippen LogP contribution >= 0.6 is 26.0 Å². The number of nitrogens with one attached hydrogen (secondary N) is 1. The lowest BCUT2D eigenvalue weighted by molar-refractivity contribution is -0.161. The van der Waals surface area contributed by atoms with Gasteiger partial charge in [-0.2, -0.15) is 5.26 Å². The molecule has 10 radical (unpaired) electrons. The van der Waals surface area contributed by atoms with E-state index in [1.54, 1.807) is 28.4 Å². The van der Waals surface area contributed by atoms with Gasteiger partial charge in [-0.15, -0.1) is 0 Å². The number of hydrogen-bond acceptors (Lipinski definition) is 21. The van der Waals surface area contributed by atoms with E-state index in [2.05, 4.69) is 34.8 Å². The van der Waals surface area contributed by atoms with Gasteiger partial charge in [-0.25, -0.2) is 6.57 Å². The molecule has 23 nitrogen and oxygen atoms in total. The van der Waals surface area contributed by atoms with E-state index in [4.69, 9.17) is 125 Å². The van der Waals surface area contributed by atoms with Crippen molar-refractivity contribution in [3.63, 3.8) is 0 Å². The fraction of sp³-hybridized carbons (Fsp3) is 0.931. The number of amides is 1. The number of carbonyl (C=O) groups excluding carboxylic acids is 2. The number of rotatable bonds is 33. The molecule has 4 fully saturated rings. The normalized spacial score (nSPS) is 30.1. The zero-order valence-corrected chi connectivity index (χ0v) is 59.1. The molecule has 4 heterocycles. The van der Waals surface area contributed by atoms with Gasteiger partial charge >= 0.3 is 5.97 Å². The van der Waals surface area contributed by atoms with Gasteiger partial charge in [-0.3, -0.25) is 14.3 Å². The third-order valence-electron chi connectivity index (χ3n) is 13.8. The number of nitriles is 1. The number of hydrogen-bond donors (Lipinski definition) is 3. The molecule has 0 aromatic carbocycles. The van der Waals surface area contributed by atoms with E-state index >= 15 is 0 Å². The molecule has 506 valence electrons. The van der Waals surface area contributed by atoms with Gasteiger partial charge in [0.1, 0.15) is 80.7 Å². The van der Waals surface area contributed by atoms with Crippen LogP contribution in [-0.4, -0.2) is 283 Å². The van der Waals surface area contributed by atoms with Crippen molar-refractivity contribution in [2.24, 2.45) is 4.74 Å². The van der Waals surface area contributed by atoms with Crippen LogP contribution in [-0.2, 0) is 80.2 Å². The molecule has 4 aliphatic heterocycles. The maximum absolute atomic E-state index is 12.0. The van der Waals surface area contributed by atoms with Crippen LogP contribution < -0.4 is 5.32 Å². The molecule has 10 unspecified atom stereocenters. The van der Waals surface area contributed by atoms with Crippen molar-refractivity contribution in [2.45, 2.75) is 261 Å². The Morgan fingerprint density at radius 1 is 0.663 bits per heavy atom. The first-order chi connectivity index (χ1) is 41.6. The summed E-state index contributed by atoms with van der Waals surface area (Å²) in [7, 11) is 30.3. The summed E-state index contributed by atoms with van der Waals surface area (Å²) in [6, 6.07) is 0.105. The first-order valence-corrected chi connectivity index (χ1v) is 35.1. The Balaban J connectivity index is 0. The average molecular weight is 1320 g/mol. The molecule has 0 spiro atoms. The van der Waals surface area contributed by atoms with E-state index in [1.165, 1.54) is 7.05 Å². The van der Waals surface area contributed by atoms with E-state index in [0.29, 0.717) is 58.1 Å². The molecule has 3 N–H and O–H groups in total. The minimum absolute atomic E-state index is 0. The minimum Gasteiger partial charge on any atom is -0.457 e. The number of esters is 1. The molecular weight excluding hydrogens is 1210 g/mol. The standard InChI is InChI=1S/C15H26BNO6.C14H25BNO5P.2C10H19BO4.C9H18ClN2P.BH/c1-5-10-13(23-12(19)7-6-11(18)17-3)14(15(16)22-10)21-9(2)8-20-4;1-6-11-12(21-22(5)18-8-7-16-3)13(14(15)20-11)19-10(2)9-17-4;2*1-4-7-8(12)9(10(11)15-7)14-6(2)5-13-3;1-8(2)12-13(10,9(3)4)7-5-6-11;/h9-10,13-15H,5-8H2,1-4H3,(H,17,18);10-14H,6-9H2,1-2,4-5H3;2*6-10,12H,4-5H2,1-3H3;8-9H,5,7H2,1-4H3;1H/t9?,10-,13+,14?,15-;10?,11-,12+,13?,14-,22?;2*6?,7-,8+,9?,10-;;/m1111../s1. The van der Waals surface area contributed by atoms with Crippen LogP contribution in [0.1, 0.15) is 128 Å². The topological polar surface area (TPSA) is 266 Å². The fourth-order valence-corrected chi connectivity index (χ4v) is 13.3. The second kappa shape index (κ2) is 50.0. The van der Waals surface area contributed by atoms with Crippen LogP contribution in [0.25, 0.3) is 4.85 Å². The van der Waals surface area contributed by atoms with Gasteiger partial charge in [0.05, 0.1) is 94.2 Å². The number of nitrogens with zero attached hydrogens (tertiary/aromatic N) is 3. The molecule has 1 amide bonds. The summed E-state index contributed by atoms with van der Waals surface area (Å²) >= 11 is 6.44. The van der Waals surface area contributed by atoms with Gasteiger partial charge in [0.15, 0.2) is 14.5 Å². The molecule has 0 bridgehead atoms. The highest BCUT2D eigenvalue weighted by Gasteiger charge is 2.47. The molecular formula is C58H108B5ClN4O19P2. The van der Waals surface area contributed by atoms with Gasteiger partial charge in [-0.1, -0.05) is 52.8 Å². The SMILES string of the molecule is CC(C)N=P(Cl)(CCC#N)C(C)C.[BH].[B][C@@H]1O[C@H](CC)[C@H](O)C1OC(C)COC.[B][C@@H]1O[C@H](CC)[C@H](O)C1OC(C)COC.[B][C@@H]1O[C@H](CC)[C@H](OC(=O)CCC(=O)NC)C1OC(C)COC.[B][C@@H]1O[C@H](CC)[C@H](OP(C)OCC[N+]#[C-])C1OC(C)COC. The Labute approximate surface area is 547 Å². The lowest BCUT2D eigenvalue weighted by Crippen LogP contribution is -2.41. The van der Waals surface area contributed by atoms with E-state index in [0.717, 1.165) is 25.4 Å². The zero-order chi connectivity index (χ0) is 67.3. The van der Waals surface area contributed by atoms with Gasteiger partial charge in [0, 0.05) is 105 Å². The molecule has 22 atom stereocenters. The minimum atomic E-state index is -1.74. The van der Waals surface area contributed by atoms with Crippen molar-refractivity contribution in [1.29, 1.82) is 5.26 Å².